The van der Waals surface area contributed by atoms with Crippen LogP contribution in [0.15, 0.2) is 54.6 Å². The molecule has 1 N–H and O–H groups in total. The molecule has 1 aliphatic heterocycles. The van der Waals surface area contributed by atoms with Crippen molar-refractivity contribution in [3.8, 4) is 0 Å². The molecule has 0 aromatic heterocycles. The van der Waals surface area contributed by atoms with Crippen LogP contribution in [0.2, 0.25) is 5.02 Å². The van der Waals surface area contributed by atoms with Gasteiger partial charge >= 0.3 is 0 Å². The van der Waals surface area contributed by atoms with Gasteiger partial charge in [-0.1, -0.05) is 48.0 Å². The second-order valence-electron chi connectivity index (χ2n) is 4.42. The molecule has 0 spiro atoms. The maximum atomic E-state index is 11.7. The smallest absolute Gasteiger partial charge is 0.228 e. The van der Waals surface area contributed by atoms with E-state index in [-0.39, 0.29) is 5.91 Å². The summed E-state index contributed by atoms with van der Waals surface area (Å²) in [5.41, 5.74) is 4.01. The van der Waals surface area contributed by atoms with Gasteiger partial charge in [0.15, 0.2) is 0 Å². The first-order valence-corrected chi connectivity index (χ1v) is 6.47. The maximum Gasteiger partial charge on any atom is 0.228 e. The number of rotatable bonds is 1. The van der Waals surface area contributed by atoms with Crippen molar-refractivity contribution in [1.82, 2.24) is 0 Å². The Bertz CT molecular complexity index is 659. The summed E-state index contributed by atoms with van der Waals surface area (Å²) in [7, 11) is 0. The van der Waals surface area contributed by atoms with Gasteiger partial charge in [0.05, 0.1) is 0 Å². The molecule has 1 amide bonds. The molecule has 0 fully saturated rings. The van der Waals surface area contributed by atoms with Gasteiger partial charge in [0.25, 0.3) is 0 Å². The van der Waals surface area contributed by atoms with E-state index in [1.807, 2.05) is 54.6 Å². The predicted molar refractivity (Wildman–Crippen MR) is 78.2 cm³/mol. The van der Waals surface area contributed by atoms with Crippen LogP contribution in [-0.4, -0.2) is 5.91 Å². The van der Waals surface area contributed by atoms with Crippen LogP contribution in [0.1, 0.15) is 17.5 Å². The van der Waals surface area contributed by atoms with E-state index in [1.165, 1.54) is 0 Å². The zero-order valence-corrected chi connectivity index (χ0v) is 10.9. The van der Waals surface area contributed by atoms with E-state index >= 15 is 0 Å². The molecular weight excluding hydrogens is 258 g/mol. The van der Waals surface area contributed by atoms with Crippen molar-refractivity contribution in [2.24, 2.45) is 0 Å². The van der Waals surface area contributed by atoms with Gasteiger partial charge < -0.3 is 5.32 Å². The number of hydrogen-bond donors (Lipinski definition) is 1. The summed E-state index contributed by atoms with van der Waals surface area (Å²) in [6.07, 6.45) is 2.34. The number of anilines is 1. The summed E-state index contributed by atoms with van der Waals surface area (Å²) in [4.78, 5) is 11.7. The average molecular weight is 270 g/mol. The number of nitrogens with one attached hydrogen (secondary N) is 1. The third-order valence-corrected chi connectivity index (χ3v) is 3.39. The molecule has 3 heteroatoms. The zero-order valence-electron chi connectivity index (χ0n) is 10.2. The predicted octanol–water partition coefficient (Wildman–Crippen LogP) is 4.11. The summed E-state index contributed by atoms with van der Waals surface area (Å²) in [6.45, 7) is 0. The second-order valence-corrected chi connectivity index (χ2v) is 4.86. The lowest BCUT2D eigenvalue weighted by Crippen LogP contribution is -2.09. The molecular formula is C16H12ClNO. The summed E-state index contributed by atoms with van der Waals surface area (Å²) in [6, 6.07) is 15.5. The molecule has 2 nitrogen and oxygen atoms in total. The Labute approximate surface area is 116 Å². The largest absolute Gasteiger partial charge is 0.325 e. The minimum atomic E-state index is 0.0106. The minimum Gasteiger partial charge on any atom is -0.325 e. The van der Waals surface area contributed by atoms with Crippen LogP contribution >= 0.6 is 11.6 Å². The molecule has 1 heterocycles. The summed E-state index contributed by atoms with van der Waals surface area (Å²) < 4.78 is 0. The van der Waals surface area contributed by atoms with Crippen molar-refractivity contribution < 1.29 is 4.79 Å². The van der Waals surface area contributed by atoms with Gasteiger partial charge in [-0.2, -0.15) is 0 Å². The molecule has 0 aliphatic carbocycles. The number of benzene rings is 2. The number of fused-ring (bicyclic) bond motifs is 1. The molecule has 0 saturated carbocycles. The van der Waals surface area contributed by atoms with Crippen LogP contribution in [-0.2, 0) is 4.79 Å². The Balaban J connectivity index is 2.14. The van der Waals surface area contributed by atoms with E-state index in [4.69, 9.17) is 11.6 Å². The van der Waals surface area contributed by atoms with E-state index in [9.17, 15) is 4.79 Å². The highest BCUT2D eigenvalue weighted by molar-refractivity contribution is 6.30. The maximum absolute atomic E-state index is 11.7. The van der Waals surface area contributed by atoms with E-state index in [1.54, 1.807) is 0 Å². The van der Waals surface area contributed by atoms with Crippen LogP contribution in [0.25, 0.3) is 5.57 Å². The fourth-order valence-electron chi connectivity index (χ4n) is 2.24. The minimum absolute atomic E-state index is 0.0106. The highest BCUT2D eigenvalue weighted by Crippen LogP contribution is 2.32. The first-order chi connectivity index (χ1) is 9.24. The molecule has 2 aromatic carbocycles. The lowest BCUT2D eigenvalue weighted by Gasteiger charge is -2.11. The quantitative estimate of drug-likeness (QED) is 0.829. The molecule has 0 atom stereocenters. The normalized spacial score (nSPS) is 14.2. The third-order valence-electron chi connectivity index (χ3n) is 3.14. The van der Waals surface area contributed by atoms with Gasteiger partial charge in [-0.25, -0.2) is 0 Å². The molecule has 0 radical (unpaired) electrons. The van der Waals surface area contributed by atoms with E-state index in [0.717, 1.165) is 22.4 Å². The molecule has 0 unspecified atom stereocenters. The van der Waals surface area contributed by atoms with Crippen molar-refractivity contribution in [2.45, 2.75) is 6.42 Å². The number of carbonyl (C=O) groups is 1. The zero-order chi connectivity index (χ0) is 13.2. The number of para-hydroxylation sites is 1. The van der Waals surface area contributed by atoms with Crippen LogP contribution in [0.4, 0.5) is 5.69 Å². The van der Waals surface area contributed by atoms with Crippen molar-refractivity contribution in [1.29, 1.82) is 0 Å². The average Bonchev–Trinajstić information content (AvgIpc) is 2.58. The summed E-state index contributed by atoms with van der Waals surface area (Å²) in [5.74, 6) is 0.0106. The van der Waals surface area contributed by atoms with Crippen LogP contribution in [0.3, 0.4) is 0 Å². The number of hydrogen-bond acceptors (Lipinski definition) is 1. The third kappa shape index (κ3) is 2.40. The van der Waals surface area contributed by atoms with Gasteiger partial charge in [-0.3, -0.25) is 4.79 Å². The topological polar surface area (TPSA) is 29.1 Å². The Morgan fingerprint density at radius 1 is 1.00 bits per heavy atom. The Morgan fingerprint density at radius 3 is 2.53 bits per heavy atom. The van der Waals surface area contributed by atoms with Gasteiger partial charge in [-0.05, 0) is 29.3 Å². The highest BCUT2D eigenvalue weighted by atomic mass is 35.5. The lowest BCUT2D eigenvalue weighted by atomic mass is 9.96. The van der Waals surface area contributed by atoms with Gasteiger partial charge in [0.1, 0.15) is 0 Å². The van der Waals surface area contributed by atoms with E-state index in [2.05, 4.69) is 5.32 Å². The molecule has 2 aromatic rings. The summed E-state index contributed by atoms with van der Waals surface area (Å²) in [5, 5.41) is 3.63. The number of halogens is 1. The lowest BCUT2D eigenvalue weighted by molar-refractivity contribution is -0.115. The van der Waals surface area contributed by atoms with Gasteiger partial charge in [0, 0.05) is 22.7 Å². The Morgan fingerprint density at radius 2 is 1.74 bits per heavy atom. The molecule has 3 rings (SSSR count). The molecule has 94 valence electrons. The Hall–Kier alpha value is -2.06. The van der Waals surface area contributed by atoms with Crippen molar-refractivity contribution in [3.05, 3.63) is 70.8 Å². The van der Waals surface area contributed by atoms with E-state index in [0.29, 0.717) is 11.4 Å². The highest BCUT2D eigenvalue weighted by Gasteiger charge is 2.15. The van der Waals surface area contributed by atoms with Crippen LogP contribution < -0.4 is 5.32 Å². The molecule has 0 saturated heterocycles. The molecule has 19 heavy (non-hydrogen) atoms. The first kappa shape index (κ1) is 12.0. The number of amides is 1. The van der Waals surface area contributed by atoms with Gasteiger partial charge in [0.2, 0.25) is 5.91 Å². The van der Waals surface area contributed by atoms with Crippen molar-refractivity contribution in [2.75, 3.05) is 5.32 Å². The van der Waals surface area contributed by atoms with Crippen molar-refractivity contribution in [3.63, 3.8) is 0 Å². The molecule has 1 aliphatic rings. The van der Waals surface area contributed by atoms with E-state index < -0.39 is 0 Å². The fourth-order valence-corrected chi connectivity index (χ4v) is 2.36. The first-order valence-electron chi connectivity index (χ1n) is 6.09. The van der Waals surface area contributed by atoms with Gasteiger partial charge in [-0.15, -0.1) is 0 Å². The van der Waals surface area contributed by atoms with Crippen molar-refractivity contribution >= 4 is 28.8 Å². The monoisotopic (exact) mass is 269 g/mol. The summed E-state index contributed by atoms with van der Waals surface area (Å²) >= 11 is 5.92. The van der Waals surface area contributed by atoms with Crippen LogP contribution in [0.5, 0.6) is 0 Å². The second kappa shape index (κ2) is 4.90. The molecule has 0 bridgehead atoms. The van der Waals surface area contributed by atoms with Crippen LogP contribution in [0, 0.1) is 0 Å². The SMILES string of the molecule is O=C1CC=C(c2ccc(Cl)cc2)c2ccccc2N1. The Kier molecular flexibility index (Phi) is 3.10. The standard InChI is InChI=1S/C16H12ClNO/c17-12-7-5-11(6-8-12)13-9-10-16(19)18-15-4-2-1-3-14(13)15/h1-9H,10H2,(H,18,19). The number of carbonyl (C=O) groups excluding carboxylic acids is 1. The fraction of sp³-hybridized carbons (Fsp3) is 0.0625.